The Morgan fingerprint density at radius 2 is 1.89 bits per heavy atom. The maximum Gasteiger partial charge on any atom is 0.335 e. The first-order valence-corrected chi connectivity index (χ1v) is 8.59. The van der Waals surface area contributed by atoms with Crippen LogP contribution in [0.15, 0.2) is 40.2 Å². The van der Waals surface area contributed by atoms with Gasteiger partial charge in [0.15, 0.2) is 17.9 Å². The number of aromatic nitrogens is 4. The number of ether oxygens (including phenoxy) is 1. The second-order valence-electron chi connectivity index (χ2n) is 7.12. The van der Waals surface area contributed by atoms with Crippen LogP contribution in [-0.2, 0) is 23.3 Å². The molecular formula is C18H19ClN4O4. The van der Waals surface area contributed by atoms with Crippen LogP contribution >= 0.6 is 11.6 Å². The predicted octanol–water partition coefficient (Wildman–Crippen LogP) is 2.09. The first-order chi connectivity index (χ1) is 12.6. The monoisotopic (exact) mass is 390 g/mol. The van der Waals surface area contributed by atoms with Gasteiger partial charge in [0.1, 0.15) is 6.33 Å². The molecule has 0 amide bonds. The lowest BCUT2D eigenvalue weighted by Gasteiger charge is -2.17. The number of halogens is 1. The molecule has 9 heteroatoms. The highest BCUT2D eigenvalue weighted by Crippen LogP contribution is 2.22. The lowest BCUT2D eigenvalue weighted by atomic mass is 9.98. The second-order valence-corrected chi connectivity index (χ2v) is 7.53. The number of hydrogen-bond acceptors (Lipinski definition) is 5. The minimum absolute atomic E-state index is 0.115. The quantitative estimate of drug-likeness (QED) is 0.639. The van der Waals surface area contributed by atoms with Crippen molar-refractivity contribution in [1.29, 1.82) is 0 Å². The molecule has 0 atom stereocenters. The molecule has 0 bridgehead atoms. The summed E-state index contributed by atoms with van der Waals surface area (Å²) in [5, 5.41) is 0.427. The van der Waals surface area contributed by atoms with Gasteiger partial charge in [0, 0.05) is 7.05 Å². The van der Waals surface area contributed by atoms with Crippen molar-refractivity contribution in [3.05, 3.63) is 56.5 Å². The SMILES string of the molecule is Cn1c(=O)c2c(ncn2-c2ccccc2Cl)n(COC(=O)C(C)(C)C)c1=O. The fourth-order valence-corrected chi connectivity index (χ4v) is 2.77. The van der Waals surface area contributed by atoms with E-state index < -0.39 is 22.6 Å². The van der Waals surface area contributed by atoms with Crippen LogP contribution in [0.4, 0.5) is 0 Å². The number of rotatable bonds is 3. The second kappa shape index (κ2) is 6.70. The standard InChI is InChI=1S/C18H19ClN4O4/c1-18(2,3)16(25)27-10-23-14-13(15(24)21(4)17(23)26)22(9-20-14)12-8-6-5-7-11(12)19/h5-9H,10H2,1-4H3. The molecule has 0 aliphatic heterocycles. The summed E-state index contributed by atoms with van der Waals surface area (Å²) in [5.41, 5.74) is -1.04. The highest BCUT2D eigenvalue weighted by atomic mass is 35.5. The summed E-state index contributed by atoms with van der Waals surface area (Å²) in [4.78, 5) is 41.5. The Morgan fingerprint density at radius 1 is 1.22 bits per heavy atom. The lowest BCUT2D eigenvalue weighted by Crippen LogP contribution is -2.39. The van der Waals surface area contributed by atoms with E-state index in [9.17, 15) is 14.4 Å². The van der Waals surface area contributed by atoms with Crippen molar-refractivity contribution in [1.82, 2.24) is 18.7 Å². The molecule has 0 unspecified atom stereocenters. The molecule has 0 fully saturated rings. The summed E-state index contributed by atoms with van der Waals surface area (Å²) in [6.07, 6.45) is 1.41. The van der Waals surface area contributed by atoms with Gasteiger partial charge in [-0.25, -0.2) is 14.3 Å². The number of esters is 1. The minimum atomic E-state index is -0.722. The van der Waals surface area contributed by atoms with E-state index >= 15 is 0 Å². The molecule has 0 saturated heterocycles. The van der Waals surface area contributed by atoms with E-state index in [1.807, 2.05) is 0 Å². The van der Waals surface area contributed by atoms with E-state index in [4.69, 9.17) is 16.3 Å². The molecular weight excluding hydrogens is 372 g/mol. The Kier molecular flexibility index (Phi) is 4.69. The fourth-order valence-electron chi connectivity index (χ4n) is 2.54. The van der Waals surface area contributed by atoms with Crippen LogP contribution in [0.2, 0.25) is 5.02 Å². The van der Waals surface area contributed by atoms with Crippen molar-refractivity contribution in [2.75, 3.05) is 0 Å². The highest BCUT2D eigenvalue weighted by molar-refractivity contribution is 6.32. The predicted molar refractivity (Wildman–Crippen MR) is 101 cm³/mol. The zero-order valence-corrected chi connectivity index (χ0v) is 16.1. The lowest BCUT2D eigenvalue weighted by molar-refractivity contribution is -0.156. The Morgan fingerprint density at radius 3 is 2.52 bits per heavy atom. The average Bonchev–Trinajstić information content (AvgIpc) is 3.03. The summed E-state index contributed by atoms with van der Waals surface area (Å²) in [6.45, 7) is 4.78. The molecule has 2 heterocycles. The van der Waals surface area contributed by atoms with Crippen molar-refractivity contribution < 1.29 is 9.53 Å². The van der Waals surface area contributed by atoms with E-state index in [1.165, 1.54) is 17.9 Å². The van der Waals surface area contributed by atoms with Crippen LogP contribution in [-0.4, -0.2) is 24.7 Å². The fraction of sp³-hybridized carbons (Fsp3) is 0.333. The van der Waals surface area contributed by atoms with Gasteiger partial charge in [-0.05, 0) is 32.9 Å². The van der Waals surface area contributed by atoms with Gasteiger partial charge >= 0.3 is 11.7 Å². The molecule has 2 aromatic heterocycles. The zero-order valence-electron chi connectivity index (χ0n) is 15.4. The Balaban J connectivity index is 2.19. The van der Waals surface area contributed by atoms with E-state index in [1.54, 1.807) is 45.0 Å². The number of para-hydroxylation sites is 1. The molecule has 0 aliphatic carbocycles. The Hall–Kier alpha value is -2.87. The largest absolute Gasteiger partial charge is 0.443 e. The van der Waals surface area contributed by atoms with Crippen molar-refractivity contribution in [3.63, 3.8) is 0 Å². The normalized spacial score (nSPS) is 11.7. The van der Waals surface area contributed by atoms with Gasteiger partial charge in [0.25, 0.3) is 5.56 Å². The topological polar surface area (TPSA) is 88.1 Å². The third-order valence-corrected chi connectivity index (χ3v) is 4.40. The molecule has 142 valence electrons. The van der Waals surface area contributed by atoms with Crippen molar-refractivity contribution in [2.45, 2.75) is 27.5 Å². The van der Waals surface area contributed by atoms with Gasteiger partial charge in [-0.1, -0.05) is 23.7 Å². The van der Waals surface area contributed by atoms with E-state index in [2.05, 4.69) is 4.98 Å². The number of benzene rings is 1. The summed E-state index contributed by atoms with van der Waals surface area (Å²) in [7, 11) is 1.36. The highest BCUT2D eigenvalue weighted by Gasteiger charge is 2.24. The van der Waals surface area contributed by atoms with Crippen LogP contribution in [0, 0.1) is 5.41 Å². The molecule has 0 N–H and O–H groups in total. The van der Waals surface area contributed by atoms with Gasteiger partial charge in [0.2, 0.25) is 0 Å². The first-order valence-electron chi connectivity index (χ1n) is 8.22. The molecule has 27 heavy (non-hydrogen) atoms. The zero-order chi connectivity index (χ0) is 19.9. The van der Waals surface area contributed by atoms with E-state index in [0.29, 0.717) is 10.7 Å². The third kappa shape index (κ3) is 3.28. The number of imidazole rings is 1. The summed E-state index contributed by atoms with van der Waals surface area (Å²) in [6, 6.07) is 6.97. The molecule has 3 aromatic rings. The molecule has 8 nitrogen and oxygen atoms in total. The number of carbonyl (C=O) groups is 1. The van der Waals surface area contributed by atoms with E-state index in [-0.39, 0.29) is 17.9 Å². The molecule has 1 aromatic carbocycles. The first kappa shape index (κ1) is 18.9. The molecule has 3 rings (SSSR count). The maximum atomic E-state index is 12.7. The van der Waals surface area contributed by atoms with Gasteiger partial charge in [-0.3, -0.25) is 18.7 Å². The van der Waals surface area contributed by atoms with Crippen LogP contribution in [0.5, 0.6) is 0 Å². The van der Waals surface area contributed by atoms with Crippen molar-refractivity contribution in [3.8, 4) is 5.69 Å². The molecule has 0 saturated carbocycles. The van der Waals surface area contributed by atoms with Crippen molar-refractivity contribution in [2.24, 2.45) is 12.5 Å². The molecule has 0 spiro atoms. The number of carbonyl (C=O) groups excluding carboxylic acids is 1. The number of nitrogens with zero attached hydrogens (tertiary/aromatic N) is 4. The van der Waals surface area contributed by atoms with Crippen molar-refractivity contribution >= 4 is 28.7 Å². The Labute approximate surface area is 159 Å². The smallest absolute Gasteiger partial charge is 0.335 e. The van der Waals surface area contributed by atoms with Crippen LogP contribution in [0.1, 0.15) is 20.8 Å². The van der Waals surface area contributed by atoms with Gasteiger partial charge < -0.3 is 4.74 Å². The summed E-state index contributed by atoms with van der Waals surface area (Å²) < 4.78 is 8.86. The molecule has 0 aliphatic rings. The summed E-state index contributed by atoms with van der Waals surface area (Å²) in [5.74, 6) is -0.470. The maximum absolute atomic E-state index is 12.7. The number of fused-ring (bicyclic) bond motifs is 1. The van der Waals surface area contributed by atoms with Crippen LogP contribution in [0.25, 0.3) is 16.9 Å². The van der Waals surface area contributed by atoms with Crippen LogP contribution in [0.3, 0.4) is 0 Å². The van der Waals surface area contributed by atoms with Gasteiger partial charge in [-0.2, -0.15) is 0 Å². The van der Waals surface area contributed by atoms with Crippen LogP contribution < -0.4 is 11.2 Å². The van der Waals surface area contributed by atoms with Gasteiger partial charge in [0.05, 0.1) is 16.1 Å². The third-order valence-electron chi connectivity index (χ3n) is 4.08. The summed E-state index contributed by atoms with van der Waals surface area (Å²) >= 11 is 6.24. The van der Waals surface area contributed by atoms with Gasteiger partial charge in [-0.15, -0.1) is 0 Å². The molecule has 0 radical (unpaired) electrons. The number of hydrogen-bond donors (Lipinski definition) is 0. The average molecular weight is 391 g/mol. The van der Waals surface area contributed by atoms with E-state index in [0.717, 1.165) is 9.13 Å². The minimum Gasteiger partial charge on any atom is -0.443 e. The Bertz CT molecular complexity index is 1150.